The minimum absolute atomic E-state index is 0.0358. The molecule has 0 aliphatic carbocycles. The van der Waals surface area contributed by atoms with Crippen LogP contribution in [0.25, 0.3) is 0 Å². The predicted octanol–water partition coefficient (Wildman–Crippen LogP) is 4.29. The van der Waals surface area contributed by atoms with E-state index in [2.05, 4.69) is 17.2 Å². The Kier molecular flexibility index (Phi) is 6.07. The van der Waals surface area contributed by atoms with Crippen molar-refractivity contribution in [2.45, 2.75) is 19.7 Å². The second-order valence-electron chi connectivity index (χ2n) is 5.24. The Bertz CT molecular complexity index is 790. The number of carbonyl (C=O) groups is 1. The van der Waals surface area contributed by atoms with Crippen LogP contribution >= 0.6 is 0 Å². The normalized spacial score (nSPS) is 10.6. The van der Waals surface area contributed by atoms with Crippen molar-refractivity contribution in [3.63, 3.8) is 0 Å². The van der Waals surface area contributed by atoms with Crippen LogP contribution in [0.2, 0.25) is 0 Å². The second kappa shape index (κ2) is 8.25. The fourth-order valence-corrected chi connectivity index (χ4v) is 2.01. The van der Waals surface area contributed by atoms with E-state index in [9.17, 15) is 18.0 Å². The van der Waals surface area contributed by atoms with Crippen LogP contribution in [-0.2, 0) is 17.5 Å². The minimum Gasteiger partial charge on any atom is -0.445 e. The molecule has 2 aromatic rings. The van der Waals surface area contributed by atoms with E-state index in [1.54, 1.807) is 6.92 Å². The van der Waals surface area contributed by atoms with E-state index in [0.717, 1.165) is 17.7 Å². The van der Waals surface area contributed by atoms with Gasteiger partial charge in [0.15, 0.2) is 0 Å². The molecule has 0 atom stereocenters. The van der Waals surface area contributed by atoms with Crippen LogP contribution in [0.15, 0.2) is 48.5 Å². The number of hydrogen-bond donors (Lipinski definition) is 1. The number of alkyl carbamates (subject to hydrolysis) is 1. The molecule has 0 aliphatic heterocycles. The van der Waals surface area contributed by atoms with E-state index in [0.29, 0.717) is 11.1 Å². The third-order valence-corrected chi connectivity index (χ3v) is 3.31. The molecule has 25 heavy (non-hydrogen) atoms. The van der Waals surface area contributed by atoms with E-state index in [4.69, 9.17) is 4.74 Å². The van der Waals surface area contributed by atoms with Crippen molar-refractivity contribution >= 4 is 6.09 Å². The minimum atomic E-state index is -4.37. The quantitative estimate of drug-likeness (QED) is 0.841. The van der Waals surface area contributed by atoms with Crippen LogP contribution < -0.4 is 5.32 Å². The molecule has 0 saturated carbocycles. The highest BCUT2D eigenvalue weighted by atomic mass is 19.4. The number of rotatable bonds is 3. The molecule has 0 spiro atoms. The summed E-state index contributed by atoms with van der Waals surface area (Å²) >= 11 is 0. The molecule has 0 unspecified atom stereocenters. The molecular weight excluding hydrogens is 331 g/mol. The van der Waals surface area contributed by atoms with Gasteiger partial charge in [-0.3, -0.25) is 0 Å². The van der Waals surface area contributed by atoms with Crippen LogP contribution in [-0.4, -0.2) is 12.6 Å². The summed E-state index contributed by atoms with van der Waals surface area (Å²) in [6.45, 7) is 1.74. The lowest BCUT2D eigenvalue weighted by atomic mass is 10.1. The standard InChI is InChI=1S/C19H16F3NO2/c1-14-12-17(19(20,21)22)10-9-16(14)8-5-11-23-18(24)25-13-15-6-3-2-4-7-15/h2-4,6-7,9-10,12H,11,13H2,1H3,(H,23,24). The highest BCUT2D eigenvalue weighted by Gasteiger charge is 2.30. The van der Waals surface area contributed by atoms with Crippen molar-refractivity contribution in [1.29, 1.82) is 0 Å². The van der Waals surface area contributed by atoms with Gasteiger partial charge in [-0.1, -0.05) is 42.2 Å². The van der Waals surface area contributed by atoms with Gasteiger partial charge in [0.2, 0.25) is 0 Å². The van der Waals surface area contributed by atoms with E-state index < -0.39 is 17.8 Å². The van der Waals surface area contributed by atoms with Gasteiger partial charge < -0.3 is 10.1 Å². The third-order valence-electron chi connectivity index (χ3n) is 3.31. The highest BCUT2D eigenvalue weighted by Crippen LogP contribution is 2.30. The Morgan fingerprint density at radius 3 is 2.52 bits per heavy atom. The summed E-state index contributed by atoms with van der Waals surface area (Å²) in [6.07, 6.45) is -4.98. The van der Waals surface area contributed by atoms with E-state index in [1.165, 1.54) is 6.07 Å². The molecule has 0 saturated heterocycles. The molecule has 3 nitrogen and oxygen atoms in total. The smallest absolute Gasteiger partial charge is 0.416 e. The first kappa shape index (κ1) is 18.4. The topological polar surface area (TPSA) is 38.3 Å². The number of ether oxygens (including phenoxy) is 1. The molecule has 0 aliphatic rings. The van der Waals surface area contributed by atoms with Crippen LogP contribution in [0.3, 0.4) is 0 Å². The average molecular weight is 347 g/mol. The van der Waals surface area contributed by atoms with Crippen molar-refractivity contribution in [3.8, 4) is 11.8 Å². The largest absolute Gasteiger partial charge is 0.445 e. The summed E-state index contributed by atoms with van der Waals surface area (Å²) in [4.78, 5) is 11.5. The molecule has 1 N–H and O–H groups in total. The Hall–Kier alpha value is -2.94. The third kappa shape index (κ3) is 5.88. The Balaban J connectivity index is 1.83. The van der Waals surface area contributed by atoms with Crippen LogP contribution in [0.1, 0.15) is 22.3 Å². The maximum atomic E-state index is 12.6. The first-order chi connectivity index (χ1) is 11.9. The molecule has 0 aromatic heterocycles. The van der Waals surface area contributed by atoms with Gasteiger partial charge >= 0.3 is 12.3 Å². The summed E-state index contributed by atoms with van der Waals surface area (Å²) in [6, 6.07) is 12.6. The zero-order chi connectivity index (χ0) is 18.3. The van der Waals surface area contributed by atoms with Crippen molar-refractivity contribution in [3.05, 3.63) is 70.8 Å². The van der Waals surface area contributed by atoms with Crippen molar-refractivity contribution < 1.29 is 22.7 Å². The number of hydrogen-bond acceptors (Lipinski definition) is 2. The number of carbonyl (C=O) groups excluding carboxylic acids is 1. The van der Waals surface area contributed by atoms with E-state index >= 15 is 0 Å². The Morgan fingerprint density at radius 1 is 1.16 bits per heavy atom. The van der Waals surface area contributed by atoms with E-state index in [-0.39, 0.29) is 13.2 Å². The molecule has 0 heterocycles. The maximum absolute atomic E-state index is 12.6. The first-order valence-corrected chi connectivity index (χ1v) is 7.47. The van der Waals surface area contributed by atoms with Crippen LogP contribution in [0.4, 0.5) is 18.0 Å². The number of aryl methyl sites for hydroxylation is 1. The monoisotopic (exact) mass is 347 g/mol. The van der Waals surface area contributed by atoms with Crippen LogP contribution in [0.5, 0.6) is 0 Å². The molecule has 0 bridgehead atoms. The molecule has 6 heteroatoms. The zero-order valence-electron chi connectivity index (χ0n) is 13.5. The maximum Gasteiger partial charge on any atom is 0.416 e. The predicted molar refractivity (Wildman–Crippen MR) is 87.7 cm³/mol. The molecule has 1 amide bonds. The summed E-state index contributed by atoms with van der Waals surface area (Å²) in [5.41, 5.74) is 1.06. The molecule has 2 rings (SSSR count). The molecule has 130 valence electrons. The SMILES string of the molecule is Cc1cc(C(F)(F)F)ccc1C#CCNC(=O)OCc1ccccc1. The van der Waals surface area contributed by atoms with Gasteiger partial charge in [0.25, 0.3) is 0 Å². The van der Waals surface area contributed by atoms with Gasteiger partial charge in [-0.05, 0) is 36.2 Å². The lowest BCUT2D eigenvalue weighted by molar-refractivity contribution is -0.137. The molecule has 2 aromatic carbocycles. The van der Waals surface area contributed by atoms with Crippen molar-refractivity contribution in [2.24, 2.45) is 0 Å². The molecular formula is C19H16F3NO2. The number of benzene rings is 2. The van der Waals surface area contributed by atoms with Gasteiger partial charge in [0, 0.05) is 5.56 Å². The lowest BCUT2D eigenvalue weighted by Gasteiger charge is -2.08. The lowest BCUT2D eigenvalue weighted by Crippen LogP contribution is -2.24. The number of alkyl halides is 3. The highest BCUT2D eigenvalue weighted by molar-refractivity contribution is 5.67. The number of halogens is 3. The Morgan fingerprint density at radius 2 is 1.88 bits per heavy atom. The summed E-state index contributed by atoms with van der Waals surface area (Å²) in [7, 11) is 0. The fraction of sp³-hybridized carbons (Fsp3) is 0.211. The molecule has 0 fully saturated rings. The second-order valence-corrected chi connectivity index (χ2v) is 5.24. The number of nitrogens with one attached hydrogen (secondary N) is 1. The van der Waals surface area contributed by atoms with Gasteiger partial charge in [-0.25, -0.2) is 4.79 Å². The summed E-state index contributed by atoms with van der Waals surface area (Å²) in [5, 5.41) is 2.46. The number of amides is 1. The zero-order valence-corrected chi connectivity index (χ0v) is 13.5. The first-order valence-electron chi connectivity index (χ1n) is 7.47. The van der Waals surface area contributed by atoms with Gasteiger partial charge in [0.1, 0.15) is 6.61 Å². The van der Waals surface area contributed by atoms with Crippen molar-refractivity contribution in [2.75, 3.05) is 6.54 Å². The van der Waals surface area contributed by atoms with Gasteiger partial charge in [-0.15, -0.1) is 0 Å². The fourth-order valence-electron chi connectivity index (χ4n) is 2.01. The Labute approximate surface area is 143 Å². The summed E-state index contributed by atoms with van der Waals surface area (Å²) in [5.74, 6) is 5.42. The average Bonchev–Trinajstić information content (AvgIpc) is 2.58. The van der Waals surface area contributed by atoms with Crippen molar-refractivity contribution in [1.82, 2.24) is 5.32 Å². The van der Waals surface area contributed by atoms with Crippen LogP contribution in [0, 0.1) is 18.8 Å². The summed E-state index contributed by atoms with van der Waals surface area (Å²) < 4.78 is 42.8. The molecule has 0 radical (unpaired) electrons. The van der Waals surface area contributed by atoms with Gasteiger partial charge in [0.05, 0.1) is 12.1 Å². The van der Waals surface area contributed by atoms with Gasteiger partial charge in [-0.2, -0.15) is 13.2 Å². The van der Waals surface area contributed by atoms with E-state index in [1.807, 2.05) is 30.3 Å².